The number of aliphatic hydroxyl groups is 1. The molecule has 3 N–H and O–H groups in total. The first-order valence-electron chi connectivity index (χ1n) is 10.7. The third-order valence-corrected chi connectivity index (χ3v) is 6.44. The molecule has 0 radical (unpaired) electrons. The van der Waals surface area contributed by atoms with E-state index in [2.05, 4.69) is 48.4 Å². The van der Waals surface area contributed by atoms with Crippen LogP contribution in [0.4, 0.5) is 0 Å². The van der Waals surface area contributed by atoms with Gasteiger partial charge in [0.05, 0.1) is 12.3 Å². The highest BCUT2D eigenvalue weighted by molar-refractivity contribution is 5.85. The molecule has 1 aliphatic rings. The van der Waals surface area contributed by atoms with E-state index in [0.29, 0.717) is 6.04 Å². The molecule has 3 rings (SSSR count). The Morgan fingerprint density at radius 3 is 2.78 bits per heavy atom. The lowest BCUT2D eigenvalue weighted by Crippen LogP contribution is -2.49. The number of fused-ring (bicyclic) bond motifs is 3. The van der Waals surface area contributed by atoms with Crippen LogP contribution in [-0.2, 0) is 16.8 Å². The van der Waals surface area contributed by atoms with Crippen molar-refractivity contribution in [2.45, 2.75) is 70.4 Å². The summed E-state index contributed by atoms with van der Waals surface area (Å²) in [5.41, 5.74) is 3.38. The monoisotopic (exact) mass is 372 g/mol. The molecule has 27 heavy (non-hydrogen) atoms. The number of H-pyrrole nitrogens is 1. The number of aromatic amines is 1. The molecule has 1 aliphatic heterocycles. The molecule has 0 aliphatic carbocycles. The molecule has 0 amide bonds. The van der Waals surface area contributed by atoms with Gasteiger partial charge in [-0.2, -0.15) is 0 Å². The molecule has 1 aromatic carbocycles. The standard InChI is InChI=1S/C23H36N2O2/c1-4-5-6-7-12-21(24-3)19(13-15-26)23(2)22-18(14-16-27-23)17-10-8-9-11-20(17)25-22/h8-11,19,21,24-26H,4-7,12-16H2,1-3H3. The molecule has 3 atom stereocenters. The van der Waals surface area contributed by atoms with E-state index in [1.807, 2.05) is 7.05 Å². The number of unbranched alkanes of at least 4 members (excludes halogenated alkanes) is 3. The topological polar surface area (TPSA) is 57.3 Å². The zero-order valence-corrected chi connectivity index (χ0v) is 17.2. The van der Waals surface area contributed by atoms with Crippen LogP contribution in [0.3, 0.4) is 0 Å². The minimum Gasteiger partial charge on any atom is -0.396 e. The fourth-order valence-corrected chi connectivity index (χ4v) is 4.95. The molecule has 3 unspecified atom stereocenters. The molecular formula is C23H36N2O2. The van der Waals surface area contributed by atoms with Crippen LogP contribution in [0.15, 0.2) is 24.3 Å². The highest BCUT2D eigenvalue weighted by Crippen LogP contribution is 2.44. The molecule has 150 valence electrons. The summed E-state index contributed by atoms with van der Waals surface area (Å²) in [4.78, 5) is 3.67. The van der Waals surface area contributed by atoms with Crippen LogP contribution < -0.4 is 5.32 Å². The Bertz CT molecular complexity index is 726. The number of aliphatic hydroxyl groups excluding tert-OH is 1. The van der Waals surface area contributed by atoms with Crippen LogP contribution in [0, 0.1) is 5.92 Å². The molecule has 0 fully saturated rings. The molecule has 0 saturated heterocycles. The van der Waals surface area contributed by atoms with Crippen molar-refractivity contribution in [1.82, 2.24) is 10.3 Å². The third-order valence-electron chi connectivity index (χ3n) is 6.44. The van der Waals surface area contributed by atoms with Gasteiger partial charge >= 0.3 is 0 Å². The average Bonchev–Trinajstić information content (AvgIpc) is 3.07. The van der Waals surface area contributed by atoms with Gasteiger partial charge in [-0.15, -0.1) is 0 Å². The van der Waals surface area contributed by atoms with Crippen molar-refractivity contribution >= 4 is 10.9 Å². The maximum Gasteiger partial charge on any atom is 0.110 e. The summed E-state index contributed by atoms with van der Waals surface area (Å²) in [6, 6.07) is 8.88. The van der Waals surface area contributed by atoms with E-state index in [1.165, 1.54) is 47.8 Å². The predicted molar refractivity (Wildman–Crippen MR) is 112 cm³/mol. The smallest absolute Gasteiger partial charge is 0.110 e. The largest absolute Gasteiger partial charge is 0.396 e. The molecule has 2 aromatic rings. The number of hydrogen-bond donors (Lipinski definition) is 3. The van der Waals surface area contributed by atoms with Crippen LogP contribution in [-0.4, -0.2) is 36.4 Å². The molecule has 1 aromatic heterocycles. The SMILES string of the molecule is CCCCCCC(NC)C(CCO)C1(C)OCCc2c1[nH]c1ccccc21. The van der Waals surface area contributed by atoms with Crippen molar-refractivity contribution in [3.63, 3.8) is 0 Å². The fourth-order valence-electron chi connectivity index (χ4n) is 4.95. The van der Waals surface area contributed by atoms with Crippen LogP contribution in [0.1, 0.15) is 63.6 Å². The molecular weight excluding hydrogens is 336 g/mol. The van der Waals surface area contributed by atoms with Gasteiger partial charge in [-0.25, -0.2) is 0 Å². The van der Waals surface area contributed by atoms with Crippen molar-refractivity contribution in [2.24, 2.45) is 5.92 Å². The Labute approximate surface area is 163 Å². The van der Waals surface area contributed by atoms with Gasteiger partial charge in [0.1, 0.15) is 5.60 Å². The quantitative estimate of drug-likeness (QED) is 0.538. The van der Waals surface area contributed by atoms with Crippen LogP contribution >= 0.6 is 0 Å². The molecule has 4 nitrogen and oxygen atoms in total. The van der Waals surface area contributed by atoms with Crippen molar-refractivity contribution in [1.29, 1.82) is 0 Å². The van der Waals surface area contributed by atoms with Gasteiger partial charge in [-0.05, 0) is 44.9 Å². The van der Waals surface area contributed by atoms with Crippen molar-refractivity contribution in [2.75, 3.05) is 20.3 Å². The summed E-state index contributed by atoms with van der Waals surface area (Å²) < 4.78 is 6.46. The summed E-state index contributed by atoms with van der Waals surface area (Å²) in [6.45, 7) is 5.39. The van der Waals surface area contributed by atoms with Gasteiger partial charge in [0, 0.05) is 29.5 Å². The lowest BCUT2D eigenvalue weighted by molar-refractivity contribution is -0.106. The van der Waals surface area contributed by atoms with Gasteiger partial charge < -0.3 is 20.1 Å². The Hall–Kier alpha value is -1.36. The first kappa shape index (κ1) is 20.4. The van der Waals surface area contributed by atoms with Gasteiger partial charge in [0.2, 0.25) is 0 Å². The Morgan fingerprint density at radius 2 is 2.04 bits per heavy atom. The average molecular weight is 373 g/mol. The van der Waals surface area contributed by atoms with Crippen LogP contribution in [0.25, 0.3) is 10.9 Å². The number of hydrogen-bond acceptors (Lipinski definition) is 3. The minimum atomic E-state index is -0.409. The first-order valence-corrected chi connectivity index (χ1v) is 10.7. The van der Waals surface area contributed by atoms with Gasteiger partial charge in [-0.3, -0.25) is 0 Å². The van der Waals surface area contributed by atoms with Crippen molar-refractivity contribution < 1.29 is 9.84 Å². The molecule has 0 spiro atoms. The van der Waals surface area contributed by atoms with E-state index in [4.69, 9.17) is 4.74 Å². The van der Waals surface area contributed by atoms with E-state index in [9.17, 15) is 5.11 Å². The normalized spacial score (nSPS) is 21.9. The van der Waals surface area contributed by atoms with Crippen LogP contribution in [0.2, 0.25) is 0 Å². The Kier molecular flexibility index (Phi) is 6.96. The molecule has 0 saturated carbocycles. The van der Waals surface area contributed by atoms with Gasteiger partial charge in [-0.1, -0.05) is 50.8 Å². The fraction of sp³-hybridized carbons (Fsp3) is 0.652. The van der Waals surface area contributed by atoms with E-state index in [1.54, 1.807) is 0 Å². The Morgan fingerprint density at radius 1 is 1.22 bits per heavy atom. The maximum absolute atomic E-state index is 9.83. The lowest BCUT2D eigenvalue weighted by atomic mass is 9.74. The molecule has 0 bridgehead atoms. The van der Waals surface area contributed by atoms with E-state index in [-0.39, 0.29) is 12.5 Å². The highest BCUT2D eigenvalue weighted by atomic mass is 16.5. The lowest BCUT2D eigenvalue weighted by Gasteiger charge is -2.44. The van der Waals surface area contributed by atoms with Crippen LogP contribution in [0.5, 0.6) is 0 Å². The summed E-state index contributed by atoms with van der Waals surface area (Å²) in [5.74, 6) is 0.223. The summed E-state index contributed by atoms with van der Waals surface area (Å²) in [7, 11) is 2.05. The number of aromatic nitrogens is 1. The maximum atomic E-state index is 9.83. The highest BCUT2D eigenvalue weighted by Gasteiger charge is 2.45. The molecule has 4 heteroatoms. The predicted octanol–water partition coefficient (Wildman–Crippen LogP) is 4.51. The van der Waals surface area contributed by atoms with Gasteiger partial charge in [0.15, 0.2) is 0 Å². The second-order valence-electron chi connectivity index (χ2n) is 8.09. The number of nitrogens with one attached hydrogen (secondary N) is 2. The zero-order chi connectivity index (χ0) is 19.3. The van der Waals surface area contributed by atoms with Gasteiger partial charge in [0.25, 0.3) is 0 Å². The number of rotatable bonds is 10. The number of ether oxygens (including phenoxy) is 1. The first-order chi connectivity index (χ1) is 13.2. The van der Waals surface area contributed by atoms with E-state index < -0.39 is 5.60 Å². The van der Waals surface area contributed by atoms with Crippen molar-refractivity contribution in [3.8, 4) is 0 Å². The summed E-state index contributed by atoms with van der Waals surface area (Å²) in [5, 5.41) is 14.7. The number of benzene rings is 1. The Balaban J connectivity index is 1.92. The second kappa shape index (κ2) is 9.22. The second-order valence-corrected chi connectivity index (χ2v) is 8.09. The zero-order valence-electron chi connectivity index (χ0n) is 17.2. The van der Waals surface area contributed by atoms with E-state index >= 15 is 0 Å². The summed E-state index contributed by atoms with van der Waals surface area (Å²) in [6.07, 6.45) is 7.85. The number of para-hydroxylation sites is 1. The minimum absolute atomic E-state index is 0.187. The third kappa shape index (κ3) is 4.08. The van der Waals surface area contributed by atoms with Crippen molar-refractivity contribution in [3.05, 3.63) is 35.5 Å². The molecule has 2 heterocycles. The summed E-state index contributed by atoms with van der Waals surface area (Å²) >= 11 is 0. The van der Waals surface area contributed by atoms with E-state index in [0.717, 1.165) is 25.9 Å².